The molecule has 4 unspecified atom stereocenters. The van der Waals surface area contributed by atoms with E-state index >= 15 is 0 Å². The van der Waals surface area contributed by atoms with Crippen LogP contribution in [0.5, 0.6) is 0 Å². The standard InChI is InChI=1S/C12H19NO3/c1-7(6-8(2)14)13-11(15)9-4-3-5-10(9)12(13)16/h7-10,14H,3-6H2,1-2H3. The van der Waals surface area contributed by atoms with E-state index in [1.165, 1.54) is 4.90 Å². The maximum absolute atomic E-state index is 12.0. The van der Waals surface area contributed by atoms with Gasteiger partial charge in [-0.3, -0.25) is 14.5 Å². The van der Waals surface area contributed by atoms with Crippen LogP contribution in [0, 0.1) is 11.8 Å². The Morgan fingerprint density at radius 1 is 1.25 bits per heavy atom. The van der Waals surface area contributed by atoms with Gasteiger partial charge in [0.05, 0.1) is 17.9 Å². The van der Waals surface area contributed by atoms with Crippen molar-refractivity contribution < 1.29 is 14.7 Å². The number of amides is 2. The number of hydrogen-bond donors (Lipinski definition) is 1. The Balaban J connectivity index is 2.11. The number of hydrogen-bond acceptors (Lipinski definition) is 3. The second kappa shape index (κ2) is 4.17. The molecule has 1 aliphatic carbocycles. The number of imide groups is 1. The zero-order chi connectivity index (χ0) is 11.9. The van der Waals surface area contributed by atoms with E-state index in [-0.39, 0.29) is 29.7 Å². The third-order valence-corrected chi connectivity index (χ3v) is 3.75. The summed E-state index contributed by atoms with van der Waals surface area (Å²) < 4.78 is 0. The van der Waals surface area contributed by atoms with Gasteiger partial charge in [0.2, 0.25) is 11.8 Å². The summed E-state index contributed by atoms with van der Waals surface area (Å²) in [5.74, 6) is -0.158. The summed E-state index contributed by atoms with van der Waals surface area (Å²) in [6.07, 6.45) is 2.69. The third-order valence-electron chi connectivity index (χ3n) is 3.75. The van der Waals surface area contributed by atoms with Crippen molar-refractivity contribution in [3.8, 4) is 0 Å². The van der Waals surface area contributed by atoms with Crippen LogP contribution in [-0.2, 0) is 9.59 Å². The minimum atomic E-state index is -0.476. The molecule has 2 amide bonds. The van der Waals surface area contributed by atoms with Gasteiger partial charge in [0.15, 0.2) is 0 Å². The summed E-state index contributed by atoms with van der Waals surface area (Å²) in [6, 6.07) is -0.175. The molecular formula is C12H19NO3. The molecule has 1 saturated heterocycles. The molecule has 0 radical (unpaired) electrons. The molecule has 1 heterocycles. The lowest BCUT2D eigenvalue weighted by molar-refractivity contribution is -0.143. The van der Waals surface area contributed by atoms with Crippen molar-refractivity contribution >= 4 is 11.8 Å². The van der Waals surface area contributed by atoms with Crippen LogP contribution >= 0.6 is 0 Å². The van der Waals surface area contributed by atoms with E-state index in [2.05, 4.69) is 0 Å². The Labute approximate surface area is 95.6 Å². The number of aliphatic hydroxyl groups excluding tert-OH is 1. The van der Waals surface area contributed by atoms with Gasteiger partial charge in [-0.2, -0.15) is 0 Å². The first kappa shape index (κ1) is 11.6. The van der Waals surface area contributed by atoms with Gasteiger partial charge in [0.25, 0.3) is 0 Å². The molecule has 0 spiro atoms. The van der Waals surface area contributed by atoms with Crippen molar-refractivity contribution in [1.82, 2.24) is 4.90 Å². The fraction of sp³-hybridized carbons (Fsp3) is 0.833. The van der Waals surface area contributed by atoms with Crippen LogP contribution in [0.15, 0.2) is 0 Å². The van der Waals surface area contributed by atoms with Crippen LogP contribution < -0.4 is 0 Å². The number of fused-ring (bicyclic) bond motifs is 1. The second-order valence-electron chi connectivity index (χ2n) is 5.12. The lowest BCUT2D eigenvalue weighted by Gasteiger charge is -2.24. The van der Waals surface area contributed by atoms with Crippen molar-refractivity contribution in [2.75, 3.05) is 0 Å². The minimum absolute atomic E-state index is 0.0133. The van der Waals surface area contributed by atoms with Crippen LogP contribution in [0.25, 0.3) is 0 Å². The summed E-state index contributed by atoms with van der Waals surface area (Å²) >= 11 is 0. The van der Waals surface area contributed by atoms with Crippen molar-refractivity contribution in [3.63, 3.8) is 0 Å². The lowest BCUT2D eigenvalue weighted by Crippen LogP contribution is -2.40. The van der Waals surface area contributed by atoms with E-state index in [0.717, 1.165) is 19.3 Å². The first-order chi connectivity index (χ1) is 7.52. The predicted octanol–water partition coefficient (Wildman–Crippen LogP) is 0.931. The first-order valence-corrected chi connectivity index (χ1v) is 6.07. The number of carbonyl (C=O) groups excluding carboxylic acids is 2. The highest BCUT2D eigenvalue weighted by molar-refractivity contribution is 6.05. The molecule has 4 atom stereocenters. The fourth-order valence-corrected chi connectivity index (χ4v) is 3.05. The van der Waals surface area contributed by atoms with Crippen molar-refractivity contribution in [2.45, 2.75) is 51.7 Å². The van der Waals surface area contributed by atoms with Crippen LogP contribution in [0.3, 0.4) is 0 Å². The normalized spacial score (nSPS) is 33.1. The monoisotopic (exact) mass is 225 g/mol. The van der Waals surface area contributed by atoms with Gasteiger partial charge in [0.1, 0.15) is 0 Å². The van der Waals surface area contributed by atoms with Crippen molar-refractivity contribution in [1.29, 1.82) is 0 Å². The number of likely N-dealkylation sites (tertiary alicyclic amines) is 1. The number of aliphatic hydroxyl groups is 1. The molecule has 1 aliphatic heterocycles. The number of rotatable bonds is 3. The molecule has 90 valence electrons. The topological polar surface area (TPSA) is 57.6 Å². The Hall–Kier alpha value is -0.900. The molecule has 1 saturated carbocycles. The van der Waals surface area contributed by atoms with E-state index in [9.17, 15) is 14.7 Å². The average molecular weight is 225 g/mol. The minimum Gasteiger partial charge on any atom is -0.393 e. The molecule has 4 heteroatoms. The molecular weight excluding hydrogens is 206 g/mol. The Morgan fingerprint density at radius 2 is 1.75 bits per heavy atom. The van der Waals surface area contributed by atoms with Gasteiger partial charge in [-0.25, -0.2) is 0 Å². The van der Waals surface area contributed by atoms with Gasteiger partial charge in [-0.15, -0.1) is 0 Å². The molecule has 2 aliphatic rings. The van der Waals surface area contributed by atoms with E-state index in [1.807, 2.05) is 6.92 Å². The quantitative estimate of drug-likeness (QED) is 0.727. The zero-order valence-corrected chi connectivity index (χ0v) is 9.85. The van der Waals surface area contributed by atoms with E-state index in [0.29, 0.717) is 6.42 Å². The van der Waals surface area contributed by atoms with Crippen molar-refractivity contribution in [3.05, 3.63) is 0 Å². The van der Waals surface area contributed by atoms with Crippen LogP contribution in [-0.4, -0.2) is 34.0 Å². The highest BCUT2D eigenvalue weighted by atomic mass is 16.3. The van der Waals surface area contributed by atoms with Gasteiger partial charge in [-0.05, 0) is 33.1 Å². The van der Waals surface area contributed by atoms with E-state index in [4.69, 9.17) is 0 Å². The second-order valence-corrected chi connectivity index (χ2v) is 5.12. The smallest absolute Gasteiger partial charge is 0.233 e. The summed E-state index contributed by atoms with van der Waals surface area (Å²) in [5, 5.41) is 9.31. The van der Waals surface area contributed by atoms with Gasteiger partial charge in [0, 0.05) is 6.04 Å². The summed E-state index contributed by atoms with van der Waals surface area (Å²) in [4.78, 5) is 25.5. The largest absolute Gasteiger partial charge is 0.393 e. The number of carbonyl (C=O) groups is 2. The van der Waals surface area contributed by atoms with Crippen LogP contribution in [0.1, 0.15) is 39.5 Å². The third kappa shape index (κ3) is 1.75. The summed E-state index contributed by atoms with van der Waals surface area (Å²) in [5.41, 5.74) is 0. The van der Waals surface area contributed by atoms with Gasteiger partial charge in [-0.1, -0.05) is 6.42 Å². The first-order valence-electron chi connectivity index (χ1n) is 6.07. The molecule has 0 bridgehead atoms. The molecule has 2 rings (SSSR count). The predicted molar refractivity (Wildman–Crippen MR) is 58.4 cm³/mol. The number of nitrogens with zero attached hydrogens (tertiary/aromatic N) is 1. The Bertz CT molecular complexity index is 291. The summed E-state index contributed by atoms with van der Waals surface area (Å²) in [7, 11) is 0. The highest BCUT2D eigenvalue weighted by Crippen LogP contribution is 2.40. The molecule has 4 nitrogen and oxygen atoms in total. The maximum Gasteiger partial charge on any atom is 0.233 e. The molecule has 16 heavy (non-hydrogen) atoms. The maximum atomic E-state index is 12.0. The van der Waals surface area contributed by atoms with Crippen LogP contribution in [0.2, 0.25) is 0 Å². The average Bonchev–Trinajstić information content (AvgIpc) is 2.70. The van der Waals surface area contributed by atoms with Crippen LogP contribution in [0.4, 0.5) is 0 Å². The summed E-state index contributed by atoms with van der Waals surface area (Å²) in [6.45, 7) is 3.52. The van der Waals surface area contributed by atoms with E-state index in [1.54, 1.807) is 6.92 Å². The SMILES string of the molecule is CC(O)CC(C)N1C(=O)C2CCCC2C1=O. The zero-order valence-electron chi connectivity index (χ0n) is 9.85. The van der Waals surface area contributed by atoms with Gasteiger partial charge < -0.3 is 5.11 Å². The van der Waals surface area contributed by atoms with E-state index < -0.39 is 6.10 Å². The molecule has 1 N–H and O–H groups in total. The van der Waals surface area contributed by atoms with Gasteiger partial charge >= 0.3 is 0 Å². The molecule has 0 aromatic heterocycles. The van der Waals surface area contributed by atoms with Crippen molar-refractivity contribution in [2.24, 2.45) is 11.8 Å². The Kier molecular flexibility index (Phi) is 3.02. The fourth-order valence-electron chi connectivity index (χ4n) is 3.05. The molecule has 0 aromatic carbocycles. The highest BCUT2D eigenvalue weighted by Gasteiger charge is 2.50. The molecule has 2 fully saturated rings. The molecule has 0 aromatic rings. The Morgan fingerprint density at radius 3 is 2.19 bits per heavy atom. The lowest BCUT2D eigenvalue weighted by atomic mass is 10.00.